The van der Waals surface area contributed by atoms with Gasteiger partial charge in [-0.25, -0.2) is 0 Å². The molecule has 0 aromatic heterocycles. The zero-order valence-electron chi connectivity index (χ0n) is 13.9. The van der Waals surface area contributed by atoms with Crippen molar-refractivity contribution in [3.05, 3.63) is 29.8 Å². The third-order valence-electron chi connectivity index (χ3n) is 4.17. The molecule has 0 saturated carbocycles. The highest BCUT2D eigenvalue weighted by molar-refractivity contribution is 5.74. The number of amides is 1. The minimum atomic E-state index is -4.37. The molecule has 2 rings (SSSR count). The Bertz CT molecular complexity index is 563. The van der Waals surface area contributed by atoms with E-state index < -0.39 is 18.1 Å². The summed E-state index contributed by atoms with van der Waals surface area (Å²) in [5, 5.41) is 3.25. The normalized spacial score (nSPS) is 21.6. The highest BCUT2D eigenvalue weighted by Gasteiger charge is 2.47. The number of benzene rings is 1. The summed E-state index contributed by atoms with van der Waals surface area (Å²) in [7, 11) is 0. The van der Waals surface area contributed by atoms with Crippen LogP contribution in [0.5, 0.6) is 5.75 Å². The van der Waals surface area contributed by atoms with E-state index in [2.05, 4.69) is 5.32 Å². The maximum absolute atomic E-state index is 13.0. The lowest BCUT2D eigenvalue weighted by Gasteiger charge is -2.40. The zero-order chi connectivity index (χ0) is 17.7. The van der Waals surface area contributed by atoms with Crippen molar-refractivity contribution >= 4 is 5.91 Å². The number of hydrogen-bond donors (Lipinski definition) is 1. The molecule has 1 N–H and O–H groups in total. The summed E-state index contributed by atoms with van der Waals surface area (Å²) in [4.78, 5) is 12.5. The van der Waals surface area contributed by atoms with Crippen molar-refractivity contribution in [1.29, 1.82) is 0 Å². The van der Waals surface area contributed by atoms with E-state index in [1.807, 2.05) is 31.2 Å². The number of nitrogens with zero attached hydrogens (tertiary/aromatic N) is 1. The van der Waals surface area contributed by atoms with E-state index >= 15 is 0 Å². The second kappa shape index (κ2) is 7.88. The lowest BCUT2D eigenvalue weighted by molar-refractivity contribution is -0.196. The lowest BCUT2D eigenvalue weighted by Crippen LogP contribution is -2.56. The van der Waals surface area contributed by atoms with Crippen molar-refractivity contribution in [2.45, 2.75) is 51.5 Å². The number of likely N-dealkylation sites (tertiary alicyclic amines) is 1. The third kappa shape index (κ3) is 4.87. The van der Waals surface area contributed by atoms with Gasteiger partial charge in [-0.05, 0) is 37.5 Å². The number of hydrogen-bond acceptors (Lipinski definition) is 3. The average Bonchev–Trinajstić information content (AvgIpc) is 2.52. The summed E-state index contributed by atoms with van der Waals surface area (Å²) in [6, 6.07) is 5.75. The van der Waals surface area contributed by atoms with Crippen LogP contribution in [0.15, 0.2) is 24.3 Å². The second-order valence-corrected chi connectivity index (χ2v) is 5.96. The van der Waals surface area contributed by atoms with Crippen LogP contribution in [0.1, 0.15) is 32.3 Å². The number of piperidine rings is 1. The molecule has 2 unspecified atom stereocenters. The van der Waals surface area contributed by atoms with E-state index in [9.17, 15) is 18.0 Å². The first-order chi connectivity index (χ1) is 11.3. The molecule has 0 radical (unpaired) electrons. The van der Waals surface area contributed by atoms with Crippen LogP contribution in [0, 0.1) is 0 Å². The van der Waals surface area contributed by atoms with E-state index in [1.165, 1.54) is 6.92 Å². The van der Waals surface area contributed by atoms with Crippen LogP contribution in [0.25, 0.3) is 0 Å². The van der Waals surface area contributed by atoms with Crippen LogP contribution in [-0.2, 0) is 11.3 Å². The SMILES string of the molecule is CCOc1cccc(CNC2CCC(C(F)(F)F)N(C(C)=O)C2)c1. The number of ether oxygens (including phenoxy) is 1. The Morgan fingerprint density at radius 3 is 2.75 bits per heavy atom. The molecule has 0 bridgehead atoms. The van der Waals surface area contributed by atoms with Gasteiger partial charge in [0.25, 0.3) is 0 Å². The molecular weight excluding hydrogens is 321 g/mol. The van der Waals surface area contributed by atoms with Gasteiger partial charge in [-0.3, -0.25) is 4.79 Å². The van der Waals surface area contributed by atoms with Crippen molar-refractivity contribution in [2.24, 2.45) is 0 Å². The monoisotopic (exact) mass is 344 g/mol. The summed E-state index contributed by atoms with van der Waals surface area (Å²) in [6.45, 7) is 4.26. The van der Waals surface area contributed by atoms with Crippen molar-refractivity contribution in [3.63, 3.8) is 0 Å². The minimum absolute atomic E-state index is 0.0697. The van der Waals surface area contributed by atoms with Crippen molar-refractivity contribution in [2.75, 3.05) is 13.2 Å². The summed E-state index contributed by atoms with van der Waals surface area (Å²) in [5.41, 5.74) is 0.994. The van der Waals surface area contributed by atoms with Crippen molar-refractivity contribution in [3.8, 4) is 5.75 Å². The second-order valence-electron chi connectivity index (χ2n) is 5.96. The first-order valence-corrected chi connectivity index (χ1v) is 8.10. The molecule has 2 atom stereocenters. The summed E-state index contributed by atoms with van der Waals surface area (Å²) >= 11 is 0. The molecule has 1 aliphatic rings. The topological polar surface area (TPSA) is 41.6 Å². The molecule has 7 heteroatoms. The van der Waals surface area contributed by atoms with Crippen LogP contribution < -0.4 is 10.1 Å². The van der Waals surface area contributed by atoms with Gasteiger partial charge in [-0.15, -0.1) is 0 Å². The number of alkyl halides is 3. The Labute approximate surface area is 140 Å². The van der Waals surface area contributed by atoms with Crippen LogP contribution >= 0.6 is 0 Å². The molecule has 1 aliphatic heterocycles. The van der Waals surface area contributed by atoms with E-state index in [-0.39, 0.29) is 19.0 Å². The summed E-state index contributed by atoms with van der Waals surface area (Å²) < 4.78 is 44.5. The van der Waals surface area contributed by atoms with Gasteiger partial charge in [0.2, 0.25) is 5.91 Å². The Morgan fingerprint density at radius 2 is 2.12 bits per heavy atom. The number of carbonyl (C=O) groups excluding carboxylic acids is 1. The molecule has 1 saturated heterocycles. The van der Waals surface area contributed by atoms with Gasteiger partial charge >= 0.3 is 6.18 Å². The highest BCUT2D eigenvalue weighted by Crippen LogP contribution is 2.32. The first-order valence-electron chi connectivity index (χ1n) is 8.10. The van der Waals surface area contributed by atoms with Gasteiger partial charge in [-0.2, -0.15) is 13.2 Å². The fourth-order valence-electron chi connectivity index (χ4n) is 3.00. The number of carbonyl (C=O) groups is 1. The maximum atomic E-state index is 13.0. The third-order valence-corrected chi connectivity index (χ3v) is 4.17. The quantitative estimate of drug-likeness (QED) is 0.892. The van der Waals surface area contributed by atoms with Gasteiger partial charge < -0.3 is 15.0 Å². The predicted octanol–water partition coefficient (Wildman–Crippen LogP) is 3.12. The van der Waals surface area contributed by atoms with Crippen molar-refractivity contribution < 1.29 is 22.7 Å². The van der Waals surface area contributed by atoms with Gasteiger partial charge in [-0.1, -0.05) is 12.1 Å². The standard InChI is InChI=1S/C17H23F3N2O2/c1-3-24-15-6-4-5-13(9-15)10-21-14-7-8-16(17(18,19)20)22(11-14)12(2)23/h4-6,9,14,16,21H,3,7-8,10-11H2,1-2H3. The molecule has 1 amide bonds. The number of nitrogens with one attached hydrogen (secondary N) is 1. The Morgan fingerprint density at radius 1 is 1.38 bits per heavy atom. The lowest BCUT2D eigenvalue weighted by atomic mass is 9.97. The molecule has 24 heavy (non-hydrogen) atoms. The Balaban J connectivity index is 1.94. The Hall–Kier alpha value is -1.76. The van der Waals surface area contributed by atoms with E-state index in [0.717, 1.165) is 16.2 Å². The Kier molecular flexibility index (Phi) is 6.10. The largest absolute Gasteiger partial charge is 0.494 e. The summed E-state index contributed by atoms with van der Waals surface area (Å²) in [5.74, 6) is 0.227. The first kappa shape index (κ1) is 18.6. The highest BCUT2D eigenvalue weighted by atomic mass is 19.4. The van der Waals surface area contributed by atoms with Crippen molar-refractivity contribution in [1.82, 2.24) is 10.2 Å². The minimum Gasteiger partial charge on any atom is -0.494 e. The van der Waals surface area contributed by atoms with Crippen LogP contribution in [0.4, 0.5) is 13.2 Å². The predicted molar refractivity (Wildman–Crippen MR) is 84.7 cm³/mol. The molecule has 134 valence electrons. The van der Waals surface area contributed by atoms with Crippen LogP contribution in [-0.4, -0.2) is 42.2 Å². The molecule has 4 nitrogen and oxygen atoms in total. The molecule has 1 heterocycles. The van der Waals surface area contributed by atoms with Gasteiger partial charge in [0.05, 0.1) is 6.61 Å². The van der Waals surface area contributed by atoms with Gasteiger partial charge in [0.15, 0.2) is 0 Å². The van der Waals surface area contributed by atoms with E-state index in [0.29, 0.717) is 19.6 Å². The number of rotatable bonds is 5. The van der Waals surface area contributed by atoms with Gasteiger partial charge in [0, 0.05) is 26.1 Å². The molecule has 0 spiro atoms. The van der Waals surface area contributed by atoms with E-state index in [4.69, 9.17) is 4.74 Å². The fraction of sp³-hybridized carbons (Fsp3) is 0.588. The molecule has 1 aromatic rings. The summed E-state index contributed by atoms with van der Waals surface area (Å²) in [6.07, 6.45) is -4.05. The molecule has 0 aliphatic carbocycles. The van der Waals surface area contributed by atoms with Gasteiger partial charge in [0.1, 0.15) is 11.8 Å². The average molecular weight is 344 g/mol. The number of halogens is 3. The fourth-order valence-corrected chi connectivity index (χ4v) is 3.00. The van der Waals surface area contributed by atoms with Crippen LogP contribution in [0.3, 0.4) is 0 Å². The smallest absolute Gasteiger partial charge is 0.408 e. The maximum Gasteiger partial charge on any atom is 0.408 e. The molecule has 1 aromatic carbocycles. The zero-order valence-corrected chi connectivity index (χ0v) is 13.9. The van der Waals surface area contributed by atoms with Crippen LogP contribution in [0.2, 0.25) is 0 Å². The van der Waals surface area contributed by atoms with E-state index in [1.54, 1.807) is 0 Å². The molecule has 1 fully saturated rings. The molecular formula is C17H23F3N2O2.